The Morgan fingerprint density at radius 1 is 1.42 bits per heavy atom. The second-order valence-electron chi connectivity index (χ2n) is 2.52. The van der Waals surface area contributed by atoms with Crippen molar-refractivity contribution in [1.82, 2.24) is 4.31 Å². The molecule has 0 saturated carbocycles. The van der Waals surface area contributed by atoms with Crippen molar-refractivity contribution in [3.63, 3.8) is 0 Å². The molecule has 0 fully saturated rings. The second-order valence-corrected chi connectivity index (χ2v) is 3.93. The molecule has 0 unspecified atom stereocenters. The lowest BCUT2D eigenvalue weighted by Gasteiger charge is -2.16. The molecule has 3 N–H and O–H groups in total. The predicted octanol–water partition coefficient (Wildman–Crippen LogP) is -0.150. The predicted molar refractivity (Wildman–Crippen MR) is 47.1 cm³/mol. The molecular weight excluding hydrogens is 180 g/mol. The van der Waals surface area contributed by atoms with Gasteiger partial charge in [-0.1, -0.05) is 6.92 Å². The third kappa shape index (κ3) is 4.66. The smallest absolute Gasteiger partial charge is 0.330 e. The first kappa shape index (κ1) is 11.8. The Hall–Kier alpha value is -0.170. The van der Waals surface area contributed by atoms with Crippen LogP contribution in [0.15, 0.2) is 0 Å². The quantitative estimate of drug-likeness (QED) is 0.579. The zero-order chi connectivity index (χ0) is 9.61. The molecule has 5 nitrogen and oxygen atoms in total. The van der Waals surface area contributed by atoms with E-state index in [9.17, 15) is 8.42 Å². The summed E-state index contributed by atoms with van der Waals surface area (Å²) in [5, 5.41) is 0. The Morgan fingerprint density at radius 2 is 2.00 bits per heavy atom. The molecule has 0 aromatic carbocycles. The molecule has 0 saturated heterocycles. The van der Waals surface area contributed by atoms with Gasteiger partial charge in [-0.15, -0.1) is 0 Å². The highest BCUT2D eigenvalue weighted by atomic mass is 32.2. The van der Waals surface area contributed by atoms with Gasteiger partial charge in [0, 0.05) is 13.1 Å². The monoisotopic (exact) mass is 196 g/mol. The van der Waals surface area contributed by atoms with Crippen molar-refractivity contribution in [3.8, 4) is 0 Å². The normalized spacial score (nSPS) is 12.3. The van der Waals surface area contributed by atoms with Gasteiger partial charge >= 0.3 is 10.3 Å². The van der Waals surface area contributed by atoms with E-state index in [-0.39, 0.29) is 0 Å². The van der Waals surface area contributed by atoms with Gasteiger partial charge in [-0.05, 0) is 19.4 Å². The first-order chi connectivity index (χ1) is 5.52. The van der Waals surface area contributed by atoms with E-state index >= 15 is 0 Å². The van der Waals surface area contributed by atoms with Gasteiger partial charge in [-0.25, -0.2) is 0 Å². The van der Waals surface area contributed by atoms with Crippen LogP contribution in [-0.2, 0) is 10.3 Å². The van der Waals surface area contributed by atoms with Crippen molar-refractivity contribution in [2.24, 2.45) is 5.73 Å². The first-order valence-corrected chi connectivity index (χ1v) is 5.34. The summed E-state index contributed by atoms with van der Waals surface area (Å²) in [6.07, 6.45) is 1.25. The molecular formula is C6H16N2O3S. The average Bonchev–Trinajstić information content (AvgIpc) is 1.95. The van der Waals surface area contributed by atoms with E-state index < -0.39 is 10.3 Å². The minimum Gasteiger partial charge on any atom is -0.330 e. The lowest BCUT2D eigenvalue weighted by molar-refractivity contribution is 0.348. The largest absolute Gasteiger partial charge is 0.335 e. The lowest BCUT2D eigenvalue weighted by atomic mass is 10.4. The summed E-state index contributed by atoms with van der Waals surface area (Å²) >= 11 is 0. The van der Waals surface area contributed by atoms with Crippen molar-refractivity contribution < 1.29 is 13.0 Å². The minimum absolute atomic E-state index is 0.295. The number of hydrogen-bond donors (Lipinski definition) is 2. The topological polar surface area (TPSA) is 83.6 Å². The third-order valence-electron chi connectivity index (χ3n) is 1.41. The summed E-state index contributed by atoms with van der Waals surface area (Å²) in [7, 11) is -4.02. The highest BCUT2D eigenvalue weighted by molar-refractivity contribution is 7.83. The van der Waals surface area contributed by atoms with Crippen LogP contribution in [-0.4, -0.2) is 36.9 Å². The van der Waals surface area contributed by atoms with Gasteiger partial charge in [-0.2, -0.15) is 12.7 Å². The Balaban J connectivity index is 4.05. The zero-order valence-corrected chi connectivity index (χ0v) is 8.05. The summed E-state index contributed by atoms with van der Waals surface area (Å²) in [5.41, 5.74) is 5.21. The first-order valence-electron chi connectivity index (χ1n) is 3.95. The van der Waals surface area contributed by atoms with Crippen LogP contribution in [0.1, 0.15) is 19.8 Å². The van der Waals surface area contributed by atoms with Crippen LogP contribution in [0.4, 0.5) is 0 Å². The Bertz CT molecular complexity index is 203. The molecule has 0 atom stereocenters. The van der Waals surface area contributed by atoms with Crippen LogP contribution in [0.2, 0.25) is 0 Å². The Morgan fingerprint density at radius 3 is 2.33 bits per heavy atom. The lowest BCUT2D eigenvalue weighted by Crippen LogP contribution is -2.33. The van der Waals surface area contributed by atoms with E-state index in [1.54, 1.807) is 0 Å². The maximum Gasteiger partial charge on any atom is 0.335 e. The van der Waals surface area contributed by atoms with Gasteiger partial charge in [0.1, 0.15) is 0 Å². The van der Waals surface area contributed by atoms with Crippen molar-refractivity contribution >= 4 is 10.3 Å². The van der Waals surface area contributed by atoms with Crippen LogP contribution in [0, 0.1) is 0 Å². The summed E-state index contributed by atoms with van der Waals surface area (Å²) in [6.45, 7) is 2.92. The third-order valence-corrected chi connectivity index (χ3v) is 2.43. The van der Waals surface area contributed by atoms with E-state index in [0.717, 1.165) is 4.31 Å². The van der Waals surface area contributed by atoms with E-state index in [1.165, 1.54) is 0 Å². The Kier molecular flexibility index (Phi) is 5.39. The molecule has 0 aromatic rings. The molecule has 0 radical (unpaired) electrons. The highest BCUT2D eigenvalue weighted by Crippen LogP contribution is 1.99. The molecule has 74 valence electrons. The molecule has 0 spiro atoms. The second kappa shape index (κ2) is 5.47. The van der Waals surface area contributed by atoms with Gasteiger partial charge in [0.15, 0.2) is 0 Å². The van der Waals surface area contributed by atoms with Crippen molar-refractivity contribution in [3.05, 3.63) is 0 Å². The van der Waals surface area contributed by atoms with E-state index in [2.05, 4.69) is 0 Å². The number of nitrogens with zero attached hydrogens (tertiary/aromatic N) is 1. The molecule has 0 aliphatic rings. The van der Waals surface area contributed by atoms with Crippen molar-refractivity contribution in [2.45, 2.75) is 19.8 Å². The van der Waals surface area contributed by atoms with Crippen molar-refractivity contribution in [1.29, 1.82) is 0 Å². The summed E-state index contributed by atoms with van der Waals surface area (Å²) in [5.74, 6) is 0. The van der Waals surface area contributed by atoms with Gasteiger partial charge in [0.2, 0.25) is 0 Å². The number of hydrogen-bond acceptors (Lipinski definition) is 3. The van der Waals surface area contributed by atoms with Gasteiger partial charge < -0.3 is 5.73 Å². The SMILES string of the molecule is CCCN(CCCN)S(=O)(=O)O. The van der Waals surface area contributed by atoms with Crippen molar-refractivity contribution in [2.75, 3.05) is 19.6 Å². The maximum absolute atomic E-state index is 10.7. The average molecular weight is 196 g/mol. The van der Waals surface area contributed by atoms with E-state index in [1.807, 2.05) is 6.92 Å². The molecule has 0 rings (SSSR count). The fourth-order valence-electron chi connectivity index (χ4n) is 0.860. The Labute approximate surface area is 73.4 Å². The standard InChI is InChI=1S/C6H16N2O3S/c1-2-5-8(6-3-4-7)12(9,10)11/h2-7H2,1H3,(H,9,10,11). The minimum atomic E-state index is -4.02. The molecule has 0 bridgehead atoms. The van der Waals surface area contributed by atoms with Gasteiger partial charge in [-0.3, -0.25) is 4.55 Å². The highest BCUT2D eigenvalue weighted by Gasteiger charge is 2.16. The van der Waals surface area contributed by atoms with Crippen LogP contribution < -0.4 is 5.73 Å². The molecule has 0 heterocycles. The molecule has 0 aromatic heterocycles. The summed E-state index contributed by atoms with van der Waals surface area (Å²) < 4.78 is 31.1. The summed E-state index contributed by atoms with van der Waals surface area (Å²) in [4.78, 5) is 0. The van der Waals surface area contributed by atoms with Gasteiger partial charge in [0.05, 0.1) is 0 Å². The maximum atomic E-state index is 10.7. The number of nitrogens with two attached hydrogens (primary N) is 1. The zero-order valence-electron chi connectivity index (χ0n) is 7.23. The van der Waals surface area contributed by atoms with E-state index in [4.69, 9.17) is 10.3 Å². The molecule has 0 aliphatic carbocycles. The van der Waals surface area contributed by atoms with Gasteiger partial charge in [0.25, 0.3) is 0 Å². The van der Waals surface area contributed by atoms with Crippen LogP contribution in [0.3, 0.4) is 0 Å². The van der Waals surface area contributed by atoms with Crippen LogP contribution >= 0.6 is 0 Å². The van der Waals surface area contributed by atoms with Crippen LogP contribution in [0.5, 0.6) is 0 Å². The van der Waals surface area contributed by atoms with Crippen LogP contribution in [0.25, 0.3) is 0 Å². The fraction of sp³-hybridized carbons (Fsp3) is 1.00. The molecule has 0 amide bonds. The fourth-order valence-corrected chi connectivity index (χ4v) is 1.63. The van der Waals surface area contributed by atoms with E-state index in [0.29, 0.717) is 32.5 Å². The molecule has 12 heavy (non-hydrogen) atoms. The summed E-state index contributed by atoms with van der Waals surface area (Å²) in [6, 6.07) is 0. The molecule has 0 aliphatic heterocycles. The number of rotatable bonds is 6. The molecule has 6 heteroatoms.